The van der Waals surface area contributed by atoms with Crippen LogP contribution in [-0.2, 0) is 4.79 Å². The molecule has 2 aliphatic rings. The molecule has 182 valence electrons. The molecule has 2 aliphatic heterocycles. The summed E-state index contributed by atoms with van der Waals surface area (Å²) in [7, 11) is 0. The fourth-order valence-electron chi connectivity index (χ4n) is 4.13. The van der Waals surface area contributed by atoms with Crippen molar-refractivity contribution in [2.24, 2.45) is 5.92 Å². The molecular weight excluding hydrogens is 428 g/mol. The molecule has 2 heterocycles. The van der Waals surface area contributed by atoms with Crippen LogP contribution in [0.1, 0.15) is 52.4 Å². The summed E-state index contributed by atoms with van der Waals surface area (Å²) >= 11 is 0. The monoisotopic (exact) mass is 462 g/mol. The van der Waals surface area contributed by atoms with Gasteiger partial charge >= 0.3 is 6.03 Å². The third-order valence-electron chi connectivity index (χ3n) is 5.95. The number of carbonyl (C=O) groups is 2. The van der Waals surface area contributed by atoms with Gasteiger partial charge < -0.3 is 24.6 Å². The molecule has 2 fully saturated rings. The van der Waals surface area contributed by atoms with Crippen molar-refractivity contribution in [3.8, 4) is 11.5 Å². The second-order valence-electron chi connectivity index (χ2n) is 8.50. The van der Waals surface area contributed by atoms with Crippen LogP contribution < -0.4 is 14.8 Å². The van der Waals surface area contributed by atoms with E-state index in [-0.39, 0.29) is 29.2 Å². The average molecular weight is 463 g/mol. The number of benzene rings is 1. The predicted octanol–water partition coefficient (Wildman–Crippen LogP) is 4.04. The third-order valence-corrected chi connectivity index (χ3v) is 5.95. The normalized spacial score (nSPS) is 16.5. The van der Waals surface area contributed by atoms with Crippen LogP contribution in [0.5, 0.6) is 11.5 Å². The molecular formula is C23H34N4O6. The van der Waals surface area contributed by atoms with Gasteiger partial charge in [-0.05, 0) is 38.5 Å². The van der Waals surface area contributed by atoms with Crippen molar-refractivity contribution in [3.05, 3.63) is 22.2 Å². The number of anilines is 1. The smallest absolute Gasteiger partial charge is 0.319 e. The zero-order valence-electron chi connectivity index (χ0n) is 19.5. The number of nitrogens with zero attached hydrogens (tertiary/aromatic N) is 3. The van der Waals surface area contributed by atoms with E-state index < -0.39 is 4.92 Å². The van der Waals surface area contributed by atoms with Gasteiger partial charge in [-0.3, -0.25) is 14.9 Å². The van der Waals surface area contributed by atoms with Gasteiger partial charge in [0.1, 0.15) is 5.69 Å². The van der Waals surface area contributed by atoms with E-state index in [9.17, 15) is 19.7 Å². The zero-order valence-corrected chi connectivity index (χ0v) is 19.5. The van der Waals surface area contributed by atoms with E-state index in [4.69, 9.17) is 9.47 Å². The van der Waals surface area contributed by atoms with Crippen molar-refractivity contribution in [2.75, 3.05) is 44.7 Å². The first-order valence-electron chi connectivity index (χ1n) is 11.9. The summed E-state index contributed by atoms with van der Waals surface area (Å²) in [5.74, 6) is 0.0688. The Morgan fingerprint density at radius 1 is 1.00 bits per heavy atom. The summed E-state index contributed by atoms with van der Waals surface area (Å²) in [5.41, 5.74) is -0.143. The summed E-state index contributed by atoms with van der Waals surface area (Å²) in [5, 5.41) is 14.4. The average Bonchev–Trinajstić information content (AvgIpc) is 3.36. The fourth-order valence-corrected chi connectivity index (χ4v) is 4.13. The van der Waals surface area contributed by atoms with Gasteiger partial charge in [0.2, 0.25) is 5.91 Å². The van der Waals surface area contributed by atoms with Gasteiger partial charge in [0.15, 0.2) is 11.5 Å². The number of carbonyl (C=O) groups excluding carboxylic acids is 2. The van der Waals surface area contributed by atoms with Crippen LogP contribution in [-0.4, -0.2) is 66.1 Å². The van der Waals surface area contributed by atoms with E-state index in [1.165, 1.54) is 12.1 Å². The lowest BCUT2D eigenvalue weighted by molar-refractivity contribution is -0.384. The number of nitro groups is 1. The van der Waals surface area contributed by atoms with Crippen molar-refractivity contribution in [2.45, 2.75) is 52.4 Å². The van der Waals surface area contributed by atoms with Crippen LogP contribution in [0.25, 0.3) is 0 Å². The van der Waals surface area contributed by atoms with Gasteiger partial charge in [0, 0.05) is 38.2 Å². The summed E-state index contributed by atoms with van der Waals surface area (Å²) in [6.45, 7) is 7.33. The lowest BCUT2D eigenvalue weighted by Crippen LogP contribution is -2.47. The van der Waals surface area contributed by atoms with E-state index in [1.54, 1.807) is 4.90 Å². The van der Waals surface area contributed by atoms with Gasteiger partial charge in [0.25, 0.3) is 5.69 Å². The topological polar surface area (TPSA) is 114 Å². The first kappa shape index (κ1) is 24.6. The van der Waals surface area contributed by atoms with Crippen molar-refractivity contribution in [1.82, 2.24) is 9.80 Å². The first-order chi connectivity index (χ1) is 15.9. The second-order valence-corrected chi connectivity index (χ2v) is 8.50. The van der Waals surface area contributed by atoms with E-state index in [1.807, 2.05) is 18.7 Å². The highest BCUT2D eigenvalue weighted by Gasteiger charge is 2.31. The molecule has 1 aromatic carbocycles. The van der Waals surface area contributed by atoms with Gasteiger partial charge in [0.05, 0.1) is 24.2 Å². The van der Waals surface area contributed by atoms with Gasteiger partial charge in [-0.2, -0.15) is 0 Å². The van der Waals surface area contributed by atoms with Crippen LogP contribution in [0.4, 0.5) is 16.2 Å². The number of likely N-dealkylation sites (tertiary alicyclic amines) is 2. The molecule has 0 radical (unpaired) electrons. The number of amides is 3. The van der Waals surface area contributed by atoms with Crippen molar-refractivity contribution in [3.63, 3.8) is 0 Å². The minimum Gasteiger partial charge on any atom is -0.490 e. The Labute approximate surface area is 194 Å². The molecule has 0 spiro atoms. The maximum absolute atomic E-state index is 12.9. The molecule has 3 amide bonds. The SMILES string of the molecule is CCCOc1cc(NC(=O)C2CCN(C(=O)N3CCCC3)CC2)c([N+](=O)[O-])cc1OCCC. The standard InChI is InChI=1S/C23H34N4O6/c1-3-13-32-20-15-18(19(27(30)31)16-21(20)33-14-4-2)24-22(28)17-7-11-26(12-8-17)23(29)25-9-5-6-10-25/h15-17H,3-14H2,1-2H3,(H,24,28). The molecule has 10 nitrogen and oxygen atoms in total. The largest absolute Gasteiger partial charge is 0.490 e. The van der Waals surface area contributed by atoms with Crippen LogP contribution in [0.3, 0.4) is 0 Å². The lowest BCUT2D eigenvalue weighted by Gasteiger charge is -2.34. The summed E-state index contributed by atoms with van der Waals surface area (Å²) < 4.78 is 11.4. The number of nitro benzene ring substituents is 1. The molecule has 0 aliphatic carbocycles. The Morgan fingerprint density at radius 2 is 1.55 bits per heavy atom. The quantitative estimate of drug-likeness (QED) is 0.438. The lowest BCUT2D eigenvalue weighted by atomic mass is 9.96. The highest BCUT2D eigenvalue weighted by molar-refractivity contribution is 5.95. The summed E-state index contributed by atoms with van der Waals surface area (Å²) in [4.78, 5) is 40.3. The number of hydrogen-bond donors (Lipinski definition) is 1. The molecule has 10 heteroatoms. The molecule has 1 aromatic rings. The summed E-state index contributed by atoms with van der Waals surface area (Å²) in [6.07, 6.45) is 4.64. The van der Waals surface area contributed by atoms with Gasteiger partial charge in [-0.15, -0.1) is 0 Å². The minimum absolute atomic E-state index is 0.0439. The van der Waals surface area contributed by atoms with Crippen LogP contribution >= 0.6 is 0 Å². The van der Waals surface area contributed by atoms with E-state index in [0.717, 1.165) is 38.8 Å². The fraction of sp³-hybridized carbons (Fsp3) is 0.652. The van der Waals surface area contributed by atoms with E-state index in [0.29, 0.717) is 50.6 Å². The highest BCUT2D eigenvalue weighted by atomic mass is 16.6. The number of hydrogen-bond acceptors (Lipinski definition) is 6. The zero-order chi connectivity index (χ0) is 23.8. The molecule has 3 rings (SSSR count). The van der Waals surface area contributed by atoms with Crippen molar-refractivity contribution < 1.29 is 24.0 Å². The number of nitrogens with one attached hydrogen (secondary N) is 1. The van der Waals surface area contributed by atoms with E-state index in [2.05, 4.69) is 5.32 Å². The molecule has 0 atom stereocenters. The molecule has 1 N–H and O–H groups in total. The summed E-state index contributed by atoms with van der Waals surface area (Å²) in [6, 6.07) is 2.83. The Bertz CT molecular complexity index is 848. The second kappa shape index (κ2) is 11.7. The van der Waals surface area contributed by atoms with Gasteiger partial charge in [-0.25, -0.2) is 4.79 Å². The minimum atomic E-state index is -0.532. The Balaban J connectivity index is 1.68. The predicted molar refractivity (Wildman–Crippen MR) is 124 cm³/mol. The molecule has 33 heavy (non-hydrogen) atoms. The number of piperidine rings is 1. The Morgan fingerprint density at radius 3 is 2.09 bits per heavy atom. The van der Waals surface area contributed by atoms with Gasteiger partial charge in [-0.1, -0.05) is 13.8 Å². The Kier molecular flexibility index (Phi) is 8.73. The molecule has 0 unspecified atom stereocenters. The van der Waals surface area contributed by atoms with Crippen LogP contribution in [0, 0.1) is 16.0 Å². The number of urea groups is 1. The van der Waals surface area contributed by atoms with Crippen LogP contribution in [0.15, 0.2) is 12.1 Å². The third kappa shape index (κ3) is 6.27. The number of rotatable bonds is 9. The molecule has 0 saturated carbocycles. The molecule has 0 aromatic heterocycles. The molecule has 2 saturated heterocycles. The highest BCUT2D eigenvalue weighted by Crippen LogP contribution is 2.38. The first-order valence-corrected chi connectivity index (χ1v) is 11.9. The van der Waals surface area contributed by atoms with Crippen molar-refractivity contribution >= 4 is 23.3 Å². The Hall–Kier alpha value is -3.04. The number of ether oxygens (including phenoxy) is 2. The maximum Gasteiger partial charge on any atom is 0.319 e. The molecule has 0 bridgehead atoms. The van der Waals surface area contributed by atoms with Crippen molar-refractivity contribution in [1.29, 1.82) is 0 Å². The van der Waals surface area contributed by atoms with E-state index >= 15 is 0 Å². The van der Waals surface area contributed by atoms with Crippen LogP contribution in [0.2, 0.25) is 0 Å². The maximum atomic E-state index is 12.9.